The van der Waals surface area contributed by atoms with E-state index in [0.717, 1.165) is 13.1 Å². The predicted octanol–water partition coefficient (Wildman–Crippen LogP) is 1.85. The van der Waals surface area contributed by atoms with Crippen molar-refractivity contribution in [3.05, 3.63) is 35.6 Å². The number of hydrogen-bond donors (Lipinski definition) is 2. The number of nitrogens with one attached hydrogen (secondary N) is 1. The van der Waals surface area contributed by atoms with Crippen LogP contribution < -0.4 is 5.32 Å². The van der Waals surface area contributed by atoms with Crippen LogP contribution in [0.15, 0.2) is 24.3 Å². The molecule has 1 atom stereocenters. The van der Waals surface area contributed by atoms with E-state index >= 15 is 0 Å². The molecule has 1 fully saturated rings. The van der Waals surface area contributed by atoms with Crippen LogP contribution in [0.25, 0.3) is 0 Å². The van der Waals surface area contributed by atoms with Gasteiger partial charge in [-0.25, -0.2) is 4.39 Å². The van der Waals surface area contributed by atoms with Gasteiger partial charge in [0.25, 0.3) is 0 Å². The molecule has 5 heteroatoms. The van der Waals surface area contributed by atoms with Gasteiger partial charge in [0.15, 0.2) is 0 Å². The van der Waals surface area contributed by atoms with Crippen LogP contribution >= 0.6 is 0 Å². The zero-order chi connectivity index (χ0) is 15.2. The maximum absolute atomic E-state index is 13.1. The van der Waals surface area contributed by atoms with Crippen LogP contribution in [0.5, 0.6) is 0 Å². The van der Waals surface area contributed by atoms with Gasteiger partial charge in [-0.15, -0.1) is 0 Å². The largest absolute Gasteiger partial charge is 0.388 e. The Kier molecular flexibility index (Phi) is 5.70. The van der Waals surface area contributed by atoms with Crippen LogP contribution in [0.2, 0.25) is 0 Å². The molecule has 1 aliphatic rings. The zero-order valence-electron chi connectivity index (χ0n) is 12.4. The van der Waals surface area contributed by atoms with E-state index in [1.54, 1.807) is 6.07 Å². The summed E-state index contributed by atoms with van der Waals surface area (Å²) in [6, 6.07) is 6.40. The summed E-state index contributed by atoms with van der Waals surface area (Å²) in [5.74, 6) is -0.617. The minimum absolute atomic E-state index is 0.0427. The van der Waals surface area contributed by atoms with Crippen molar-refractivity contribution in [2.45, 2.75) is 38.3 Å². The van der Waals surface area contributed by atoms with E-state index in [9.17, 15) is 14.3 Å². The molecule has 0 bridgehead atoms. The van der Waals surface area contributed by atoms with Crippen molar-refractivity contribution < 1.29 is 14.3 Å². The normalized spacial score (nSPS) is 16.0. The molecular formula is C16H23FN2O2. The third-order valence-electron chi connectivity index (χ3n) is 3.80. The highest BCUT2D eigenvalue weighted by Crippen LogP contribution is 2.25. The van der Waals surface area contributed by atoms with Crippen LogP contribution in [-0.4, -0.2) is 41.6 Å². The van der Waals surface area contributed by atoms with Gasteiger partial charge in [0.1, 0.15) is 5.82 Å². The lowest BCUT2D eigenvalue weighted by molar-refractivity contribution is -0.123. The third kappa shape index (κ3) is 5.10. The summed E-state index contributed by atoms with van der Waals surface area (Å²) in [5.41, 5.74) is 0.429. The molecule has 2 rings (SSSR count). The summed E-state index contributed by atoms with van der Waals surface area (Å²) in [5, 5.41) is 12.7. The highest BCUT2D eigenvalue weighted by Gasteiger charge is 2.27. The van der Waals surface area contributed by atoms with Crippen LogP contribution in [0.1, 0.15) is 37.9 Å². The molecule has 21 heavy (non-hydrogen) atoms. The monoisotopic (exact) mass is 294 g/mol. The van der Waals surface area contributed by atoms with E-state index in [1.165, 1.54) is 31.0 Å². The molecule has 0 saturated heterocycles. The molecule has 1 saturated carbocycles. The number of aliphatic hydroxyl groups is 1. The second kappa shape index (κ2) is 7.52. The smallest absolute Gasteiger partial charge is 0.223 e. The molecule has 1 unspecified atom stereocenters. The molecular weight excluding hydrogens is 271 g/mol. The first kappa shape index (κ1) is 15.9. The molecule has 2 N–H and O–H groups in total. The Morgan fingerprint density at radius 1 is 1.52 bits per heavy atom. The van der Waals surface area contributed by atoms with E-state index in [1.807, 2.05) is 0 Å². The van der Waals surface area contributed by atoms with Gasteiger partial charge in [-0.1, -0.05) is 19.1 Å². The van der Waals surface area contributed by atoms with E-state index in [-0.39, 0.29) is 12.3 Å². The lowest BCUT2D eigenvalue weighted by atomic mass is 10.1. The Balaban J connectivity index is 1.71. The number of carbonyl (C=O) groups is 1. The van der Waals surface area contributed by atoms with Gasteiger partial charge in [0, 0.05) is 19.1 Å². The lowest BCUT2D eigenvalue weighted by Gasteiger charge is -2.20. The second-order valence-corrected chi connectivity index (χ2v) is 5.48. The van der Waals surface area contributed by atoms with Crippen LogP contribution in [0.4, 0.5) is 4.39 Å². The maximum atomic E-state index is 13.1. The molecule has 1 aromatic carbocycles. The van der Waals surface area contributed by atoms with Gasteiger partial charge in [-0.2, -0.15) is 0 Å². The summed E-state index contributed by atoms with van der Waals surface area (Å²) >= 11 is 0. The average molecular weight is 294 g/mol. The van der Waals surface area contributed by atoms with Crippen molar-refractivity contribution in [3.63, 3.8) is 0 Å². The highest BCUT2D eigenvalue weighted by molar-refractivity contribution is 5.76. The Hall–Kier alpha value is -1.46. The molecule has 116 valence electrons. The minimum atomic E-state index is -0.966. The fourth-order valence-electron chi connectivity index (χ4n) is 2.46. The Bertz CT molecular complexity index is 477. The first-order valence-electron chi connectivity index (χ1n) is 7.54. The number of hydrogen-bond acceptors (Lipinski definition) is 3. The molecule has 0 aliphatic heterocycles. The number of aliphatic hydroxyl groups excluding tert-OH is 1. The first-order chi connectivity index (χ1) is 10.1. The summed E-state index contributed by atoms with van der Waals surface area (Å²) in [7, 11) is 0. The van der Waals surface area contributed by atoms with E-state index < -0.39 is 11.9 Å². The average Bonchev–Trinajstić information content (AvgIpc) is 3.28. The van der Waals surface area contributed by atoms with E-state index in [2.05, 4.69) is 17.1 Å². The van der Waals surface area contributed by atoms with Gasteiger partial charge in [0.05, 0.1) is 12.5 Å². The van der Waals surface area contributed by atoms with Gasteiger partial charge >= 0.3 is 0 Å². The molecule has 1 amide bonds. The number of rotatable bonds is 8. The third-order valence-corrected chi connectivity index (χ3v) is 3.80. The number of nitrogens with zero attached hydrogens (tertiary/aromatic N) is 1. The maximum Gasteiger partial charge on any atom is 0.223 e. The molecule has 0 spiro atoms. The molecule has 0 heterocycles. The Morgan fingerprint density at radius 3 is 2.90 bits per heavy atom. The lowest BCUT2D eigenvalue weighted by Crippen LogP contribution is -2.36. The van der Waals surface area contributed by atoms with Crippen molar-refractivity contribution in [1.82, 2.24) is 10.2 Å². The van der Waals surface area contributed by atoms with E-state index in [4.69, 9.17) is 0 Å². The van der Waals surface area contributed by atoms with Crippen molar-refractivity contribution in [3.8, 4) is 0 Å². The summed E-state index contributed by atoms with van der Waals surface area (Å²) < 4.78 is 13.1. The topological polar surface area (TPSA) is 52.6 Å². The first-order valence-corrected chi connectivity index (χ1v) is 7.54. The minimum Gasteiger partial charge on any atom is -0.388 e. The Morgan fingerprint density at radius 2 is 2.29 bits per heavy atom. The van der Waals surface area contributed by atoms with Gasteiger partial charge in [-0.05, 0) is 37.1 Å². The fourth-order valence-corrected chi connectivity index (χ4v) is 2.46. The quantitative estimate of drug-likeness (QED) is 0.769. The summed E-state index contributed by atoms with van der Waals surface area (Å²) in [6.07, 6.45) is 1.49. The van der Waals surface area contributed by atoms with Gasteiger partial charge in [-0.3, -0.25) is 9.69 Å². The molecule has 1 aromatic rings. The number of amides is 1. The van der Waals surface area contributed by atoms with Crippen molar-refractivity contribution in [2.24, 2.45) is 0 Å². The fraction of sp³-hybridized carbons (Fsp3) is 0.562. The standard InChI is InChI=1S/C16H23FN2O2/c1-2-19(14-6-7-14)9-8-18-16(21)11-15(20)12-4-3-5-13(17)10-12/h3-5,10,14-15,20H,2,6-9,11H2,1H3,(H,18,21). The summed E-state index contributed by atoms with van der Waals surface area (Å²) in [6.45, 7) is 4.53. The molecule has 0 radical (unpaired) electrons. The number of halogens is 1. The zero-order valence-corrected chi connectivity index (χ0v) is 12.4. The molecule has 4 nitrogen and oxygen atoms in total. The van der Waals surface area contributed by atoms with Crippen LogP contribution in [0.3, 0.4) is 0 Å². The van der Waals surface area contributed by atoms with Crippen molar-refractivity contribution in [1.29, 1.82) is 0 Å². The molecule has 1 aliphatic carbocycles. The van der Waals surface area contributed by atoms with Gasteiger partial charge < -0.3 is 10.4 Å². The molecule has 0 aromatic heterocycles. The summed E-state index contributed by atoms with van der Waals surface area (Å²) in [4.78, 5) is 14.1. The van der Waals surface area contributed by atoms with Crippen LogP contribution in [0, 0.1) is 5.82 Å². The van der Waals surface area contributed by atoms with Crippen molar-refractivity contribution >= 4 is 5.91 Å². The van der Waals surface area contributed by atoms with E-state index in [0.29, 0.717) is 18.2 Å². The number of likely N-dealkylation sites (N-methyl/N-ethyl adjacent to an activating group) is 1. The number of carbonyl (C=O) groups excluding carboxylic acids is 1. The van der Waals surface area contributed by atoms with Crippen molar-refractivity contribution in [2.75, 3.05) is 19.6 Å². The Labute approximate surface area is 125 Å². The highest BCUT2D eigenvalue weighted by atomic mass is 19.1. The second-order valence-electron chi connectivity index (χ2n) is 5.48. The SMILES string of the molecule is CCN(CCNC(=O)CC(O)c1cccc(F)c1)C1CC1. The number of benzene rings is 1. The van der Waals surface area contributed by atoms with Crippen LogP contribution in [-0.2, 0) is 4.79 Å². The van der Waals surface area contributed by atoms with Gasteiger partial charge in [0.2, 0.25) is 5.91 Å². The predicted molar refractivity (Wildman–Crippen MR) is 79.3 cm³/mol.